The third-order valence-corrected chi connectivity index (χ3v) is 4.10. The van der Waals surface area contributed by atoms with Gasteiger partial charge in [-0.1, -0.05) is 6.07 Å². The predicted molar refractivity (Wildman–Crippen MR) is 96.9 cm³/mol. The summed E-state index contributed by atoms with van der Waals surface area (Å²) in [6.07, 6.45) is 0.967. The number of carbonyl (C=O) groups is 1. The third-order valence-electron chi connectivity index (χ3n) is 4.10. The summed E-state index contributed by atoms with van der Waals surface area (Å²) in [6, 6.07) is 6.75. The van der Waals surface area contributed by atoms with Gasteiger partial charge in [0.15, 0.2) is 6.61 Å². The minimum Gasteiger partial charge on any atom is -0.483 e. The standard InChI is InChI=1S/C19H21F3N4O2/c1-12(16-6-5-15(10-23-16)28-11-19(20,21)22)25-18(27)8-13-2-7-17(24-9-13)26-14-3-4-14/h2,5-7,9-10,12,14H,3-4,8,11H2,1H3,(H,24,26)(H,25,27)/t12-/m1/s1. The van der Waals surface area contributed by atoms with E-state index in [4.69, 9.17) is 0 Å². The van der Waals surface area contributed by atoms with Crippen molar-refractivity contribution in [3.8, 4) is 5.75 Å². The van der Waals surface area contributed by atoms with Crippen LogP contribution in [-0.4, -0.2) is 34.7 Å². The van der Waals surface area contributed by atoms with Crippen molar-refractivity contribution in [3.63, 3.8) is 0 Å². The lowest BCUT2D eigenvalue weighted by molar-refractivity contribution is -0.153. The maximum Gasteiger partial charge on any atom is 0.422 e. The van der Waals surface area contributed by atoms with E-state index in [1.165, 1.54) is 18.3 Å². The van der Waals surface area contributed by atoms with Crippen molar-refractivity contribution < 1.29 is 22.7 Å². The van der Waals surface area contributed by atoms with Crippen LogP contribution in [0.4, 0.5) is 19.0 Å². The molecule has 1 amide bonds. The van der Waals surface area contributed by atoms with Crippen LogP contribution in [0, 0.1) is 0 Å². The van der Waals surface area contributed by atoms with E-state index in [2.05, 4.69) is 25.3 Å². The molecule has 0 bridgehead atoms. The van der Waals surface area contributed by atoms with Gasteiger partial charge in [0.2, 0.25) is 5.91 Å². The molecule has 28 heavy (non-hydrogen) atoms. The van der Waals surface area contributed by atoms with Gasteiger partial charge in [-0.2, -0.15) is 13.2 Å². The number of pyridine rings is 2. The lowest BCUT2D eigenvalue weighted by atomic mass is 10.1. The van der Waals surface area contributed by atoms with Gasteiger partial charge in [0.25, 0.3) is 0 Å². The zero-order valence-electron chi connectivity index (χ0n) is 15.3. The zero-order chi connectivity index (χ0) is 20.1. The van der Waals surface area contributed by atoms with Gasteiger partial charge in [-0.3, -0.25) is 9.78 Å². The quantitative estimate of drug-likeness (QED) is 0.718. The summed E-state index contributed by atoms with van der Waals surface area (Å²) in [4.78, 5) is 20.6. The number of alkyl halides is 3. The first kappa shape index (κ1) is 19.9. The van der Waals surface area contributed by atoms with E-state index < -0.39 is 18.8 Å². The Kier molecular flexibility index (Phi) is 6.01. The van der Waals surface area contributed by atoms with Crippen molar-refractivity contribution in [1.82, 2.24) is 15.3 Å². The van der Waals surface area contributed by atoms with Gasteiger partial charge >= 0.3 is 6.18 Å². The van der Waals surface area contributed by atoms with E-state index >= 15 is 0 Å². The van der Waals surface area contributed by atoms with E-state index in [0.29, 0.717) is 11.7 Å². The maximum atomic E-state index is 12.2. The molecule has 1 aliphatic rings. The number of nitrogens with zero attached hydrogens (tertiary/aromatic N) is 2. The van der Waals surface area contributed by atoms with Gasteiger partial charge in [0, 0.05) is 12.2 Å². The van der Waals surface area contributed by atoms with E-state index in [9.17, 15) is 18.0 Å². The summed E-state index contributed by atoms with van der Waals surface area (Å²) < 4.78 is 41.1. The number of rotatable bonds is 8. The van der Waals surface area contributed by atoms with Crippen molar-refractivity contribution in [1.29, 1.82) is 0 Å². The second kappa shape index (κ2) is 8.45. The summed E-state index contributed by atoms with van der Waals surface area (Å²) >= 11 is 0. The van der Waals surface area contributed by atoms with Crippen LogP contribution in [0.15, 0.2) is 36.7 Å². The molecule has 2 aromatic rings. The van der Waals surface area contributed by atoms with Crippen molar-refractivity contribution in [2.75, 3.05) is 11.9 Å². The highest BCUT2D eigenvalue weighted by Crippen LogP contribution is 2.23. The number of halogens is 3. The van der Waals surface area contributed by atoms with Crippen LogP contribution in [0.1, 0.15) is 37.1 Å². The Hall–Kier alpha value is -2.84. The SMILES string of the molecule is C[C@@H](NC(=O)Cc1ccc(NC2CC2)nc1)c1ccc(OCC(F)(F)F)cn1. The van der Waals surface area contributed by atoms with E-state index in [-0.39, 0.29) is 18.1 Å². The molecular formula is C19H21F3N4O2. The first-order valence-electron chi connectivity index (χ1n) is 8.95. The molecule has 0 saturated heterocycles. The molecule has 150 valence electrons. The molecule has 1 fully saturated rings. The molecule has 0 aliphatic heterocycles. The smallest absolute Gasteiger partial charge is 0.422 e. The molecule has 2 N–H and O–H groups in total. The highest BCUT2D eigenvalue weighted by atomic mass is 19.4. The lowest BCUT2D eigenvalue weighted by Crippen LogP contribution is -2.28. The number of aromatic nitrogens is 2. The first-order chi connectivity index (χ1) is 13.3. The number of hydrogen-bond acceptors (Lipinski definition) is 5. The summed E-state index contributed by atoms with van der Waals surface area (Å²) in [5.41, 5.74) is 1.31. The van der Waals surface area contributed by atoms with Crippen LogP contribution >= 0.6 is 0 Å². The normalized spacial score (nSPS) is 15.0. The monoisotopic (exact) mass is 394 g/mol. The Morgan fingerprint density at radius 2 is 2.00 bits per heavy atom. The van der Waals surface area contributed by atoms with Gasteiger partial charge < -0.3 is 15.4 Å². The van der Waals surface area contributed by atoms with Crippen molar-refractivity contribution >= 4 is 11.7 Å². The largest absolute Gasteiger partial charge is 0.483 e. The Balaban J connectivity index is 1.47. The molecule has 1 aliphatic carbocycles. The maximum absolute atomic E-state index is 12.2. The average Bonchev–Trinajstić information content (AvgIpc) is 3.45. The van der Waals surface area contributed by atoms with Gasteiger partial charge in [-0.15, -0.1) is 0 Å². The minimum absolute atomic E-state index is 0.0190. The van der Waals surface area contributed by atoms with Crippen LogP contribution in [-0.2, 0) is 11.2 Å². The van der Waals surface area contributed by atoms with Crippen molar-refractivity contribution in [3.05, 3.63) is 47.9 Å². The third kappa shape index (κ3) is 6.40. The molecule has 3 rings (SSSR count). The van der Waals surface area contributed by atoms with Gasteiger partial charge in [-0.05, 0) is 43.5 Å². The fourth-order valence-electron chi connectivity index (χ4n) is 2.50. The topological polar surface area (TPSA) is 76.1 Å². The Morgan fingerprint density at radius 3 is 2.57 bits per heavy atom. The molecule has 9 heteroatoms. The molecule has 0 aromatic carbocycles. The number of ether oxygens (including phenoxy) is 1. The van der Waals surface area contributed by atoms with Crippen LogP contribution < -0.4 is 15.4 Å². The fraction of sp³-hybridized carbons (Fsp3) is 0.421. The lowest BCUT2D eigenvalue weighted by Gasteiger charge is -2.14. The van der Waals surface area contributed by atoms with Crippen molar-refractivity contribution in [2.45, 2.75) is 44.4 Å². The molecule has 0 radical (unpaired) electrons. The summed E-state index contributed by atoms with van der Waals surface area (Å²) in [6.45, 7) is 0.376. The second-order valence-electron chi connectivity index (χ2n) is 6.76. The zero-order valence-corrected chi connectivity index (χ0v) is 15.3. The fourth-order valence-corrected chi connectivity index (χ4v) is 2.50. The van der Waals surface area contributed by atoms with E-state index in [1.54, 1.807) is 13.1 Å². The molecule has 0 spiro atoms. The predicted octanol–water partition coefficient (Wildman–Crippen LogP) is 3.41. The van der Waals surface area contributed by atoms with Crippen LogP contribution in [0.5, 0.6) is 5.75 Å². The molecule has 6 nitrogen and oxygen atoms in total. The molecule has 1 saturated carbocycles. The van der Waals surface area contributed by atoms with Crippen LogP contribution in [0.25, 0.3) is 0 Å². The number of nitrogens with one attached hydrogen (secondary N) is 2. The highest BCUT2D eigenvalue weighted by molar-refractivity contribution is 5.78. The van der Waals surface area contributed by atoms with E-state index in [0.717, 1.165) is 24.2 Å². The van der Waals surface area contributed by atoms with Crippen molar-refractivity contribution in [2.24, 2.45) is 0 Å². The van der Waals surface area contributed by atoms with Gasteiger partial charge in [0.1, 0.15) is 11.6 Å². The Morgan fingerprint density at radius 1 is 1.21 bits per heavy atom. The molecule has 2 heterocycles. The molecule has 2 aromatic heterocycles. The Bertz CT molecular complexity index is 790. The van der Waals surface area contributed by atoms with Crippen LogP contribution in [0.2, 0.25) is 0 Å². The number of carbonyl (C=O) groups excluding carboxylic acids is 1. The number of hydrogen-bond donors (Lipinski definition) is 2. The van der Waals surface area contributed by atoms with Gasteiger partial charge in [-0.25, -0.2) is 4.98 Å². The summed E-state index contributed by atoms with van der Waals surface area (Å²) in [7, 11) is 0. The van der Waals surface area contributed by atoms with Crippen LogP contribution in [0.3, 0.4) is 0 Å². The molecule has 0 unspecified atom stereocenters. The summed E-state index contributed by atoms with van der Waals surface area (Å²) in [5.74, 6) is 0.624. The minimum atomic E-state index is -4.40. The summed E-state index contributed by atoms with van der Waals surface area (Å²) in [5, 5.41) is 6.09. The highest BCUT2D eigenvalue weighted by Gasteiger charge is 2.28. The number of amides is 1. The van der Waals surface area contributed by atoms with Gasteiger partial charge in [0.05, 0.1) is 24.4 Å². The molecule has 1 atom stereocenters. The van der Waals surface area contributed by atoms with E-state index in [1.807, 2.05) is 12.1 Å². The average molecular weight is 394 g/mol. The second-order valence-corrected chi connectivity index (χ2v) is 6.76. The number of anilines is 1. The Labute approximate surface area is 160 Å². The molecular weight excluding hydrogens is 373 g/mol. The first-order valence-corrected chi connectivity index (χ1v) is 8.95.